The Morgan fingerprint density at radius 1 is 0.952 bits per heavy atom. The molecule has 4 fully saturated rings. The van der Waals surface area contributed by atoms with Crippen LogP contribution < -0.4 is 4.74 Å². The van der Waals surface area contributed by atoms with Gasteiger partial charge in [0.2, 0.25) is 0 Å². The summed E-state index contributed by atoms with van der Waals surface area (Å²) in [5.74, 6) is 5.72. The first kappa shape index (κ1) is 13.6. The van der Waals surface area contributed by atoms with Crippen LogP contribution in [0.3, 0.4) is 0 Å². The van der Waals surface area contributed by atoms with E-state index in [0.29, 0.717) is 12.7 Å². The van der Waals surface area contributed by atoms with Crippen molar-refractivity contribution in [1.29, 1.82) is 0 Å². The quantitative estimate of drug-likeness (QED) is 0.773. The van der Waals surface area contributed by atoms with Gasteiger partial charge in [-0.25, -0.2) is 0 Å². The van der Waals surface area contributed by atoms with Gasteiger partial charge in [0, 0.05) is 0 Å². The third-order valence-corrected chi connectivity index (χ3v) is 5.93. The van der Waals surface area contributed by atoms with E-state index in [1.807, 2.05) is 30.3 Å². The summed E-state index contributed by atoms with van der Waals surface area (Å²) in [5, 5.41) is 0. The average Bonchev–Trinajstić information content (AvgIpc) is 2.94. The molecule has 2 nitrogen and oxygen atoms in total. The third kappa shape index (κ3) is 3.11. The highest BCUT2D eigenvalue weighted by molar-refractivity contribution is 5.20. The van der Waals surface area contributed by atoms with Gasteiger partial charge in [0.15, 0.2) is 0 Å². The van der Waals surface area contributed by atoms with E-state index in [-0.39, 0.29) is 0 Å². The maximum atomic E-state index is 5.40. The zero-order chi connectivity index (χ0) is 14.1. The maximum Gasteiger partial charge on any atom is 0.119 e. The molecule has 2 bridgehead atoms. The van der Waals surface area contributed by atoms with Crippen LogP contribution in [0.5, 0.6) is 5.75 Å². The lowest BCUT2D eigenvalue weighted by molar-refractivity contribution is 0.259. The minimum absolute atomic E-state index is 0.343. The number of hydrogen-bond acceptors (Lipinski definition) is 2. The van der Waals surface area contributed by atoms with Gasteiger partial charge in [-0.05, 0) is 67.9 Å². The van der Waals surface area contributed by atoms with Gasteiger partial charge in [0.1, 0.15) is 18.5 Å². The topological polar surface area (TPSA) is 21.8 Å². The summed E-state index contributed by atoms with van der Waals surface area (Å²) in [4.78, 5) is 0. The van der Waals surface area contributed by atoms with Gasteiger partial charge in [-0.1, -0.05) is 24.6 Å². The van der Waals surface area contributed by atoms with Crippen molar-refractivity contribution in [1.82, 2.24) is 0 Å². The number of benzene rings is 1. The second-order valence-electron chi connectivity index (χ2n) is 7.17. The van der Waals surface area contributed by atoms with E-state index in [0.717, 1.165) is 12.4 Å². The SMILES string of the molecule is C1CC2C3CCC(C3)C2C1.c1ccc(OCC2CO2)cc1. The molecule has 1 aromatic rings. The van der Waals surface area contributed by atoms with Gasteiger partial charge in [-0.3, -0.25) is 0 Å². The Hall–Kier alpha value is -1.02. The summed E-state index contributed by atoms with van der Waals surface area (Å²) in [6.07, 6.45) is 9.88. The fraction of sp³-hybridized carbons (Fsp3) is 0.684. The highest BCUT2D eigenvalue weighted by Gasteiger charge is 2.48. The van der Waals surface area contributed by atoms with Gasteiger partial charge in [0.25, 0.3) is 0 Å². The molecule has 0 amide bonds. The Bertz CT molecular complexity index is 438. The lowest BCUT2D eigenvalue weighted by Crippen LogP contribution is -2.15. The van der Waals surface area contributed by atoms with Crippen molar-refractivity contribution in [2.45, 2.75) is 44.6 Å². The summed E-state index contributed by atoms with van der Waals surface area (Å²) in [6, 6.07) is 9.79. The predicted molar refractivity (Wildman–Crippen MR) is 83.3 cm³/mol. The molecule has 4 aliphatic rings. The fourth-order valence-electron chi connectivity index (χ4n) is 4.89. The number of hydrogen-bond donors (Lipinski definition) is 0. The molecule has 0 N–H and O–H groups in total. The van der Waals surface area contributed by atoms with Crippen molar-refractivity contribution >= 4 is 0 Å². The molecule has 1 heterocycles. The van der Waals surface area contributed by atoms with Crippen molar-refractivity contribution in [2.75, 3.05) is 13.2 Å². The van der Waals surface area contributed by atoms with Crippen LogP contribution >= 0.6 is 0 Å². The lowest BCUT2D eigenvalue weighted by Gasteiger charge is -2.23. The van der Waals surface area contributed by atoms with E-state index in [2.05, 4.69) is 0 Å². The van der Waals surface area contributed by atoms with Crippen LogP contribution in [-0.4, -0.2) is 19.3 Å². The molecule has 0 aromatic heterocycles. The van der Waals surface area contributed by atoms with Crippen LogP contribution in [0.4, 0.5) is 0 Å². The molecule has 5 rings (SSSR count). The zero-order valence-corrected chi connectivity index (χ0v) is 12.7. The standard InChI is InChI=1S/C10H16.C9H10O2/c1-2-9-7-4-5-8(6-7)10(9)3-1;1-2-4-8(5-3-1)10-6-9-7-11-9/h7-10H,1-6H2;1-5,9H,6-7H2. The summed E-state index contributed by atoms with van der Waals surface area (Å²) in [5.41, 5.74) is 0. The molecule has 3 saturated carbocycles. The fourth-order valence-corrected chi connectivity index (χ4v) is 4.89. The molecular weight excluding hydrogens is 260 g/mol. The molecule has 3 aliphatic carbocycles. The predicted octanol–water partition coefficient (Wildman–Crippen LogP) is 4.30. The number of ether oxygens (including phenoxy) is 2. The first-order valence-electron chi connectivity index (χ1n) is 8.69. The molecule has 21 heavy (non-hydrogen) atoms. The van der Waals surface area contributed by atoms with Crippen molar-refractivity contribution in [3.63, 3.8) is 0 Å². The van der Waals surface area contributed by atoms with E-state index < -0.39 is 0 Å². The van der Waals surface area contributed by atoms with Gasteiger partial charge in [-0.2, -0.15) is 0 Å². The smallest absolute Gasteiger partial charge is 0.119 e. The van der Waals surface area contributed by atoms with Crippen molar-refractivity contribution < 1.29 is 9.47 Å². The summed E-state index contributed by atoms with van der Waals surface area (Å²) >= 11 is 0. The first-order valence-corrected chi connectivity index (χ1v) is 8.69. The van der Waals surface area contributed by atoms with Crippen molar-refractivity contribution in [3.05, 3.63) is 30.3 Å². The molecule has 1 aliphatic heterocycles. The molecule has 1 aromatic carbocycles. The largest absolute Gasteiger partial charge is 0.491 e. The highest BCUT2D eigenvalue weighted by atomic mass is 16.6. The number of epoxide rings is 1. The lowest BCUT2D eigenvalue weighted by atomic mass is 9.82. The van der Waals surface area contributed by atoms with Crippen molar-refractivity contribution in [2.24, 2.45) is 23.7 Å². The summed E-state index contributed by atoms with van der Waals surface area (Å²) < 4.78 is 10.4. The first-order chi connectivity index (χ1) is 10.4. The summed E-state index contributed by atoms with van der Waals surface area (Å²) in [7, 11) is 0. The van der Waals surface area contributed by atoms with E-state index in [4.69, 9.17) is 9.47 Å². The monoisotopic (exact) mass is 286 g/mol. The molecule has 2 heteroatoms. The van der Waals surface area contributed by atoms with Crippen LogP contribution in [0.25, 0.3) is 0 Å². The molecule has 114 valence electrons. The second-order valence-corrected chi connectivity index (χ2v) is 7.17. The number of rotatable bonds is 3. The Kier molecular flexibility index (Phi) is 3.89. The van der Waals surface area contributed by atoms with Crippen LogP contribution in [0.15, 0.2) is 30.3 Å². The zero-order valence-electron chi connectivity index (χ0n) is 12.7. The minimum Gasteiger partial charge on any atom is -0.491 e. The van der Waals surface area contributed by atoms with Gasteiger partial charge < -0.3 is 9.47 Å². The molecular formula is C19H26O2. The van der Waals surface area contributed by atoms with E-state index >= 15 is 0 Å². The third-order valence-electron chi connectivity index (χ3n) is 5.93. The summed E-state index contributed by atoms with van der Waals surface area (Å²) in [6.45, 7) is 1.54. The Morgan fingerprint density at radius 2 is 1.62 bits per heavy atom. The van der Waals surface area contributed by atoms with E-state index in [1.54, 1.807) is 38.5 Å². The molecule has 5 atom stereocenters. The van der Waals surface area contributed by atoms with E-state index in [9.17, 15) is 0 Å². The van der Waals surface area contributed by atoms with Crippen LogP contribution in [0, 0.1) is 23.7 Å². The number of para-hydroxylation sites is 1. The average molecular weight is 286 g/mol. The van der Waals surface area contributed by atoms with Gasteiger partial charge in [-0.15, -0.1) is 0 Å². The molecule has 1 saturated heterocycles. The minimum atomic E-state index is 0.343. The van der Waals surface area contributed by atoms with Gasteiger partial charge >= 0.3 is 0 Å². The molecule has 0 radical (unpaired) electrons. The Balaban J connectivity index is 0.000000110. The Morgan fingerprint density at radius 3 is 2.24 bits per heavy atom. The van der Waals surface area contributed by atoms with Crippen LogP contribution in [0.1, 0.15) is 38.5 Å². The molecule has 0 spiro atoms. The second kappa shape index (κ2) is 6.00. The van der Waals surface area contributed by atoms with Crippen molar-refractivity contribution in [3.8, 4) is 5.75 Å². The molecule has 5 unspecified atom stereocenters. The maximum absolute atomic E-state index is 5.40. The van der Waals surface area contributed by atoms with Crippen LogP contribution in [0.2, 0.25) is 0 Å². The normalized spacial score (nSPS) is 38.6. The highest BCUT2D eigenvalue weighted by Crippen LogP contribution is 2.58. The van der Waals surface area contributed by atoms with E-state index in [1.165, 1.54) is 23.7 Å². The Labute approximate surface area is 127 Å². The number of fused-ring (bicyclic) bond motifs is 5. The van der Waals surface area contributed by atoms with Gasteiger partial charge in [0.05, 0.1) is 6.61 Å². The van der Waals surface area contributed by atoms with Crippen LogP contribution in [-0.2, 0) is 4.74 Å².